The Hall–Kier alpha value is -0.0900. The Labute approximate surface area is 59.2 Å². The minimum absolute atomic E-state index is 0.327. The first-order valence-electron chi connectivity index (χ1n) is 2.74. The van der Waals surface area contributed by atoms with E-state index in [2.05, 4.69) is 6.58 Å². The van der Waals surface area contributed by atoms with Gasteiger partial charge in [-0.15, -0.1) is 6.58 Å². The van der Waals surface area contributed by atoms with Crippen molar-refractivity contribution in [3.8, 4) is 0 Å². The van der Waals surface area contributed by atoms with Crippen LogP contribution in [-0.4, -0.2) is 28.7 Å². The second-order valence-corrected chi connectivity index (χ2v) is 2.35. The van der Waals surface area contributed by atoms with Crippen LogP contribution in [0.4, 0.5) is 0 Å². The Morgan fingerprint density at radius 1 is 1.67 bits per heavy atom. The van der Waals surface area contributed by atoms with E-state index < -0.39 is 0 Å². The zero-order valence-corrected chi connectivity index (χ0v) is 5.71. The van der Waals surface area contributed by atoms with Gasteiger partial charge in [-0.05, 0) is 11.8 Å². The number of hydrogen-bond donors (Lipinski definition) is 0. The first-order chi connectivity index (χ1) is 4.25. The molecule has 0 aromatic heterocycles. The van der Waals surface area contributed by atoms with Crippen molar-refractivity contribution in [1.29, 1.82) is 0 Å². The molecular weight excluding hydrogens is 140 g/mol. The molecule has 52 valence electrons. The monoisotopic (exact) mass is 147 g/mol. The SMILES string of the molecule is C=CC1N([O-])CCN1Cl. The summed E-state index contributed by atoms with van der Waals surface area (Å²) in [4.78, 5) is 0. The highest BCUT2D eigenvalue weighted by atomic mass is 35.5. The van der Waals surface area contributed by atoms with E-state index in [1.165, 1.54) is 10.5 Å². The van der Waals surface area contributed by atoms with E-state index in [9.17, 15) is 5.21 Å². The molecule has 0 N–H and O–H groups in total. The van der Waals surface area contributed by atoms with E-state index in [1.807, 2.05) is 0 Å². The van der Waals surface area contributed by atoms with Crippen molar-refractivity contribution in [1.82, 2.24) is 9.48 Å². The van der Waals surface area contributed by atoms with Crippen LogP contribution in [0.25, 0.3) is 0 Å². The van der Waals surface area contributed by atoms with Gasteiger partial charge in [-0.1, -0.05) is 6.08 Å². The molecule has 9 heavy (non-hydrogen) atoms. The van der Waals surface area contributed by atoms with Crippen LogP contribution in [0.1, 0.15) is 0 Å². The summed E-state index contributed by atoms with van der Waals surface area (Å²) in [5.41, 5.74) is 0. The van der Waals surface area contributed by atoms with Crippen LogP contribution in [0.15, 0.2) is 12.7 Å². The molecule has 0 bridgehead atoms. The molecule has 1 saturated heterocycles. The molecule has 1 rings (SSSR count). The smallest absolute Gasteiger partial charge is 0.0841 e. The molecular formula is C5H8ClN2O-. The fourth-order valence-electron chi connectivity index (χ4n) is 0.830. The summed E-state index contributed by atoms with van der Waals surface area (Å²) in [7, 11) is 0. The molecule has 4 heteroatoms. The maximum atomic E-state index is 10.7. The fraction of sp³-hybridized carbons (Fsp3) is 0.600. The lowest BCUT2D eigenvalue weighted by Crippen LogP contribution is -2.27. The maximum Gasteiger partial charge on any atom is 0.0841 e. The van der Waals surface area contributed by atoms with Gasteiger partial charge in [0.15, 0.2) is 0 Å². The summed E-state index contributed by atoms with van der Waals surface area (Å²) >= 11 is 5.59. The van der Waals surface area contributed by atoms with E-state index >= 15 is 0 Å². The average molecular weight is 148 g/mol. The van der Waals surface area contributed by atoms with Crippen LogP contribution in [0.5, 0.6) is 0 Å². The first-order valence-corrected chi connectivity index (χ1v) is 3.08. The van der Waals surface area contributed by atoms with Crippen LogP contribution in [0, 0.1) is 5.21 Å². The maximum absolute atomic E-state index is 10.7. The van der Waals surface area contributed by atoms with Gasteiger partial charge in [-0.3, -0.25) is 0 Å². The molecule has 0 aliphatic carbocycles. The molecule has 0 saturated carbocycles. The van der Waals surface area contributed by atoms with E-state index in [-0.39, 0.29) is 6.17 Å². The zero-order chi connectivity index (χ0) is 6.85. The molecule has 0 spiro atoms. The van der Waals surface area contributed by atoms with Gasteiger partial charge in [-0.25, -0.2) is 0 Å². The second-order valence-electron chi connectivity index (χ2n) is 1.91. The van der Waals surface area contributed by atoms with Crippen molar-refractivity contribution < 1.29 is 0 Å². The number of hydroxylamine groups is 2. The predicted octanol–water partition coefficient (Wildman–Crippen LogP) is 0.768. The highest BCUT2D eigenvalue weighted by molar-refractivity contribution is 6.13. The lowest BCUT2D eigenvalue weighted by Gasteiger charge is -2.28. The third kappa shape index (κ3) is 1.24. The van der Waals surface area contributed by atoms with Crippen LogP contribution in [0.3, 0.4) is 0 Å². The fourth-order valence-corrected chi connectivity index (χ4v) is 1.08. The highest BCUT2D eigenvalue weighted by Gasteiger charge is 2.20. The molecule has 0 amide bonds. The summed E-state index contributed by atoms with van der Waals surface area (Å²) in [6.45, 7) is 4.56. The van der Waals surface area contributed by atoms with E-state index in [1.54, 1.807) is 0 Å². The van der Waals surface area contributed by atoms with Gasteiger partial charge in [0.05, 0.1) is 6.17 Å². The van der Waals surface area contributed by atoms with E-state index in [0.29, 0.717) is 13.1 Å². The summed E-state index contributed by atoms with van der Waals surface area (Å²) in [5, 5.41) is 11.6. The van der Waals surface area contributed by atoms with Crippen LogP contribution in [0.2, 0.25) is 0 Å². The molecule has 1 atom stereocenters. The third-order valence-electron chi connectivity index (χ3n) is 1.33. The molecule has 1 heterocycles. The molecule has 1 aliphatic heterocycles. The Bertz CT molecular complexity index is 110. The second kappa shape index (κ2) is 2.66. The Balaban J connectivity index is 2.54. The largest absolute Gasteiger partial charge is 0.784 e. The molecule has 0 aromatic carbocycles. The Morgan fingerprint density at radius 2 is 2.33 bits per heavy atom. The van der Waals surface area contributed by atoms with Gasteiger partial charge < -0.3 is 10.3 Å². The molecule has 1 aliphatic rings. The topological polar surface area (TPSA) is 29.5 Å². The molecule has 1 fully saturated rings. The Kier molecular flexibility index (Phi) is 2.08. The van der Waals surface area contributed by atoms with Crippen LogP contribution < -0.4 is 0 Å². The summed E-state index contributed by atoms with van der Waals surface area (Å²) in [5.74, 6) is 0. The van der Waals surface area contributed by atoms with Crippen molar-refractivity contribution >= 4 is 11.8 Å². The number of hydrogen-bond acceptors (Lipinski definition) is 3. The van der Waals surface area contributed by atoms with Crippen molar-refractivity contribution in [2.45, 2.75) is 6.17 Å². The first kappa shape index (κ1) is 7.02. The van der Waals surface area contributed by atoms with Crippen LogP contribution >= 0.6 is 11.8 Å². The van der Waals surface area contributed by atoms with Gasteiger partial charge in [0, 0.05) is 13.1 Å². The van der Waals surface area contributed by atoms with Gasteiger partial charge in [0.1, 0.15) is 0 Å². The lowest BCUT2D eigenvalue weighted by atomic mass is 10.5. The summed E-state index contributed by atoms with van der Waals surface area (Å²) < 4.78 is 1.44. The molecule has 0 radical (unpaired) electrons. The van der Waals surface area contributed by atoms with Crippen molar-refractivity contribution in [2.75, 3.05) is 13.1 Å². The lowest BCUT2D eigenvalue weighted by molar-refractivity contribution is 0.323. The minimum atomic E-state index is -0.327. The van der Waals surface area contributed by atoms with E-state index in [0.717, 1.165) is 5.06 Å². The molecule has 0 aromatic rings. The Morgan fingerprint density at radius 3 is 2.56 bits per heavy atom. The van der Waals surface area contributed by atoms with Gasteiger partial charge in [0.25, 0.3) is 0 Å². The standard InChI is InChI=1S/C5H8ClN2O/c1-2-5-7(6)3-4-8(5)9/h2,5H,1,3-4H2/q-1. The minimum Gasteiger partial charge on any atom is -0.784 e. The third-order valence-corrected chi connectivity index (χ3v) is 1.70. The molecule has 3 nitrogen and oxygen atoms in total. The normalized spacial score (nSPS) is 31.1. The van der Waals surface area contributed by atoms with E-state index in [4.69, 9.17) is 11.8 Å². The van der Waals surface area contributed by atoms with Crippen molar-refractivity contribution in [3.05, 3.63) is 17.9 Å². The van der Waals surface area contributed by atoms with Gasteiger partial charge in [-0.2, -0.15) is 4.42 Å². The number of nitrogens with zero attached hydrogens (tertiary/aromatic N) is 2. The number of halogens is 1. The zero-order valence-electron chi connectivity index (χ0n) is 4.96. The highest BCUT2D eigenvalue weighted by Crippen LogP contribution is 2.15. The average Bonchev–Trinajstić information content (AvgIpc) is 2.12. The quantitative estimate of drug-likeness (QED) is 0.405. The van der Waals surface area contributed by atoms with Crippen LogP contribution in [-0.2, 0) is 0 Å². The van der Waals surface area contributed by atoms with Crippen molar-refractivity contribution in [2.24, 2.45) is 0 Å². The molecule has 1 unspecified atom stereocenters. The van der Waals surface area contributed by atoms with Gasteiger partial charge in [0.2, 0.25) is 0 Å². The van der Waals surface area contributed by atoms with Gasteiger partial charge >= 0.3 is 0 Å². The van der Waals surface area contributed by atoms with Crippen molar-refractivity contribution in [3.63, 3.8) is 0 Å². The predicted molar refractivity (Wildman–Crippen MR) is 36.6 cm³/mol. The summed E-state index contributed by atoms with van der Waals surface area (Å²) in [6, 6.07) is 0. The summed E-state index contributed by atoms with van der Waals surface area (Å²) in [6.07, 6.45) is 1.21. The number of rotatable bonds is 1.